The van der Waals surface area contributed by atoms with Gasteiger partial charge in [-0.05, 0) is 118 Å². The van der Waals surface area contributed by atoms with Crippen molar-refractivity contribution in [3.05, 3.63) is 215 Å². The van der Waals surface area contributed by atoms with Crippen LogP contribution in [0.5, 0.6) is 0 Å². The maximum atomic E-state index is 2.60. The second-order valence-corrected chi connectivity index (χ2v) is 17.7. The molecule has 0 amide bonds. The molecule has 0 saturated carbocycles. The van der Waals surface area contributed by atoms with Gasteiger partial charge >= 0.3 is 0 Å². The average molecular weight is 741 g/mol. The summed E-state index contributed by atoms with van der Waals surface area (Å²) in [7, 11) is 0. The summed E-state index contributed by atoms with van der Waals surface area (Å²) >= 11 is 1.96. The van der Waals surface area contributed by atoms with Gasteiger partial charge in [-0.25, -0.2) is 0 Å². The van der Waals surface area contributed by atoms with Crippen molar-refractivity contribution >= 4 is 42.3 Å². The molecule has 1 heterocycles. The lowest BCUT2D eigenvalue weighted by atomic mass is 9.69. The number of thiophene rings is 1. The zero-order valence-electron chi connectivity index (χ0n) is 31.7. The molecule has 0 fully saturated rings. The van der Waals surface area contributed by atoms with Gasteiger partial charge in [0, 0.05) is 31.2 Å². The Kier molecular flexibility index (Phi) is 6.14. The van der Waals surface area contributed by atoms with Gasteiger partial charge in [-0.15, -0.1) is 11.3 Å². The molecule has 0 saturated heterocycles. The normalized spacial score (nSPS) is 14.8. The van der Waals surface area contributed by atoms with Gasteiger partial charge in [-0.1, -0.05) is 172 Å². The van der Waals surface area contributed by atoms with Crippen molar-refractivity contribution in [2.45, 2.75) is 24.7 Å². The van der Waals surface area contributed by atoms with Crippen LogP contribution in [0.1, 0.15) is 47.2 Å². The van der Waals surface area contributed by atoms with Crippen molar-refractivity contribution in [1.29, 1.82) is 0 Å². The first-order valence-corrected chi connectivity index (χ1v) is 20.9. The summed E-state index contributed by atoms with van der Waals surface area (Å²) in [5.41, 5.74) is 21.0. The third-order valence-corrected chi connectivity index (χ3v) is 14.9. The number of benzene rings is 9. The van der Waals surface area contributed by atoms with Crippen LogP contribution in [0.4, 0.5) is 0 Å². The van der Waals surface area contributed by atoms with E-state index in [1.165, 1.54) is 120 Å². The molecule has 57 heavy (non-hydrogen) atoms. The van der Waals surface area contributed by atoms with Gasteiger partial charge < -0.3 is 0 Å². The predicted molar refractivity (Wildman–Crippen MR) is 242 cm³/mol. The Morgan fingerprint density at radius 3 is 1.63 bits per heavy atom. The van der Waals surface area contributed by atoms with E-state index in [1.807, 2.05) is 11.3 Å². The van der Waals surface area contributed by atoms with Crippen LogP contribution in [0.15, 0.2) is 182 Å². The van der Waals surface area contributed by atoms with Crippen molar-refractivity contribution in [1.82, 2.24) is 0 Å². The molecule has 266 valence electrons. The van der Waals surface area contributed by atoms with E-state index in [0.29, 0.717) is 0 Å². The van der Waals surface area contributed by atoms with Crippen molar-refractivity contribution < 1.29 is 0 Å². The number of rotatable bonds is 2. The Balaban J connectivity index is 1.22. The van der Waals surface area contributed by atoms with Crippen molar-refractivity contribution in [2.24, 2.45) is 0 Å². The molecule has 3 aliphatic rings. The first-order valence-electron chi connectivity index (χ1n) is 20.1. The Hall–Kier alpha value is -6.54. The predicted octanol–water partition coefficient (Wildman–Crippen LogP) is 15.2. The summed E-state index contributed by atoms with van der Waals surface area (Å²) in [6, 6.07) is 69.3. The molecule has 1 spiro atoms. The molecule has 10 aromatic rings. The molecule has 0 nitrogen and oxygen atoms in total. The minimum Gasteiger partial charge on any atom is -0.134 e. The highest BCUT2D eigenvalue weighted by atomic mass is 32.1. The molecular weight excluding hydrogens is 705 g/mol. The van der Waals surface area contributed by atoms with Gasteiger partial charge in [0.2, 0.25) is 0 Å². The van der Waals surface area contributed by atoms with Gasteiger partial charge in [0.25, 0.3) is 0 Å². The zero-order valence-corrected chi connectivity index (χ0v) is 32.5. The highest BCUT2D eigenvalue weighted by Gasteiger charge is 2.53. The molecule has 13 rings (SSSR count). The Bertz CT molecular complexity index is 3330. The molecule has 0 bridgehead atoms. The quantitative estimate of drug-likeness (QED) is 0.166. The third-order valence-electron chi connectivity index (χ3n) is 13.7. The van der Waals surface area contributed by atoms with Gasteiger partial charge in [0.05, 0.1) is 5.41 Å². The molecule has 0 N–H and O–H groups in total. The number of hydrogen-bond acceptors (Lipinski definition) is 1. The second kappa shape index (κ2) is 11.1. The minimum atomic E-state index is -0.504. The van der Waals surface area contributed by atoms with E-state index in [2.05, 4.69) is 196 Å². The first kappa shape index (κ1) is 31.6. The van der Waals surface area contributed by atoms with E-state index >= 15 is 0 Å². The van der Waals surface area contributed by atoms with Gasteiger partial charge in [-0.2, -0.15) is 0 Å². The Morgan fingerprint density at radius 2 is 0.895 bits per heavy atom. The van der Waals surface area contributed by atoms with Crippen molar-refractivity contribution in [2.75, 3.05) is 0 Å². The molecule has 3 aliphatic carbocycles. The van der Waals surface area contributed by atoms with Crippen LogP contribution in [0, 0.1) is 0 Å². The zero-order chi connectivity index (χ0) is 37.6. The fourth-order valence-corrected chi connectivity index (χ4v) is 12.6. The monoisotopic (exact) mass is 740 g/mol. The molecule has 9 aromatic carbocycles. The molecule has 0 radical (unpaired) electrons. The summed E-state index contributed by atoms with van der Waals surface area (Å²) < 4.78 is 2.71. The Morgan fingerprint density at radius 1 is 0.351 bits per heavy atom. The SMILES string of the molecule is CC1(C)c2ccccc2-c2cc(-c3cc4c(c5ccccc35)-c3c(cc(-c5ccccc5)c5c3sc3ccccc35)C43c4ccccc4-c4ccccc43)ccc21. The number of hydrogen-bond donors (Lipinski definition) is 0. The standard InChI is InChI=1S/C56H36S/c1-55(2)44-24-12-8-21-38(44)43-30-34(28-29-45(43)55)41-31-48-52(39-22-7-6-18-35(39)41)53-49(56(48)46-25-13-9-19-36(46)37-20-10-14-26-47(37)56)32-42(33-16-4-3-5-17-33)51-40-23-11-15-27-50(40)57-54(51)53/h3-32H,1-2H3. The molecule has 0 atom stereocenters. The van der Waals surface area contributed by atoms with Crippen LogP contribution >= 0.6 is 11.3 Å². The van der Waals surface area contributed by atoms with Crippen LogP contribution in [0.2, 0.25) is 0 Å². The van der Waals surface area contributed by atoms with E-state index < -0.39 is 5.41 Å². The van der Waals surface area contributed by atoms with E-state index in [1.54, 1.807) is 0 Å². The number of fused-ring (bicyclic) bond motifs is 19. The molecule has 0 aliphatic heterocycles. The van der Waals surface area contributed by atoms with Crippen LogP contribution in [-0.4, -0.2) is 0 Å². The largest absolute Gasteiger partial charge is 0.134 e. The topological polar surface area (TPSA) is 0 Å². The van der Waals surface area contributed by atoms with E-state index in [-0.39, 0.29) is 5.41 Å². The lowest BCUT2D eigenvalue weighted by Crippen LogP contribution is -2.26. The summed E-state index contributed by atoms with van der Waals surface area (Å²) in [6.45, 7) is 4.74. The summed E-state index contributed by atoms with van der Waals surface area (Å²) in [5, 5.41) is 5.30. The Labute approximate surface area is 336 Å². The molecule has 1 aromatic heterocycles. The maximum Gasteiger partial charge on any atom is 0.0726 e. The maximum absolute atomic E-state index is 2.60. The van der Waals surface area contributed by atoms with Crippen LogP contribution in [0.25, 0.3) is 86.6 Å². The average Bonchev–Trinajstić information content (AvgIpc) is 3.96. The first-order chi connectivity index (χ1) is 28.0. The fraction of sp³-hybridized carbons (Fsp3) is 0.0714. The van der Waals surface area contributed by atoms with Gasteiger partial charge in [-0.3, -0.25) is 0 Å². The van der Waals surface area contributed by atoms with Crippen LogP contribution in [0.3, 0.4) is 0 Å². The van der Waals surface area contributed by atoms with E-state index in [0.717, 1.165) is 0 Å². The lowest BCUT2D eigenvalue weighted by molar-refractivity contribution is 0.660. The van der Waals surface area contributed by atoms with Crippen LogP contribution < -0.4 is 0 Å². The summed E-state index contributed by atoms with van der Waals surface area (Å²) in [6.07, 6.45) is 0. The highest BCUT2D eigenvalue weighted by Crippen LogP contribution is 2.67. The summed E-state index contributed by atoms with van der Waals surface area (Å²) in [5.74, 6) is 0. The third kappa shape index (κ3) is 3.88. The molecule has 1 heteroatoms. The lowest BCUT2D eigenvalue weighted by Gasteiger charge is -2.31. The fourth-order valence-electron chi connectivity index (χ4n) is 11.3. The highest BCUT2D eigenvalue weighted by molar-refractivity contribution is 7.26. The summed E-state index contributed by atoms with van der Waals surface area (Å²) in [4.78, 5) is 0. The second-order valence-electron chi connectivity index (χ2n) is 16.7. The minimum absolute atomic E-state index is 0.0421. The van der Waals surface area contributed by atoms with Crippen LogP contribution in [-0.2, 0) is 10.8 Å². The van der Waals surface area contributed by atoms with E-state index in [9.17, 15) is 0 Å². The van der Waals surface area contributed by atoms with Crippen molar-refractivity contribution in [3.63, 3.8) is 0 Å². The van der Waals surface area contributed by atoms with E-state index in [4.69, 9.17) is 0 Å². The molecular formula is C56H36S. The smallest absolute Gasteiger partial charge is 0.0726 e. The molecule has 0 unspecified atom stereocenters. The van der Waals surface area contributed by atoms with Gasteiger partial charge in [0.1, 0.15) is 0 Å². The van der Waals surface area contributed by atoms with Crippen molar-refractivity contribution in [3.8, 4) is 55.6 Å². The van der Waals surface area contributed by atoms with Gasteiger partial charge in [0.15, 0.2) is 0 Å².